The minimum absolute atomic E-state index is 0.0515. The Kier molecular flexibility index (Phi) is 2.42. The molecule has 1 saturated heterocycles. The summed E-state index contributed by atoms with van der Waals surface area (Å²) in [6.45, 7) is 0. The molecule has 2 fully saturated rings. The van der Waals surface area contributed by atoms with Gasteiger partial charge in [0, 0.05) is 6.04 Å². The third-order valence-electron chi connectivity index (χ3n) is 3.10. The quantitative estimate of drug-likeness (QED) is 0.594. The molecule has 3 heteroatoms. The van der Waals surface area contributed by atoms with E-state index in [0.29, 0.717) is 6.04 Å². The van der Waals surface area contributed by atoms with Crippen LogP contribution in [0.4, 0.5) is 0 Å². The van der Waals surface area contributed by atoms with E-state index in [4.69, 9.17) is 0 Å². The third kappa shape index (κ3) is 1.52. The molecule has 68 valence electrons. The molecule has 3 nitrogen and oxygen atoms in total. The number of hydrogen-bond acceptors (Lipinski definition) is 3. The second-order valence-corrected chi connectivity index (χ2v) is 3.92. The molecule has 0 aromatic carbocycles. The lowest BCUT2D eigenvalue weighted by atomic mass is 9.95. The Balaban J connectivity index is 1.85. The molecule has 1 aliphatic heterocycles. The van der Waals surface area contributed by atoms with Gasteiger partial charge in [0.1, 0.15) is 6.29 Å². The van der Waals surface area contributed by atoms with E-state index in [1.165, 1.54) is 25.7 Å². The lowest BCUT2D eigenvalue weighted by Crippen LogP contribution is -2.36. The second-order valence-electron chi connectivity index (χ2n) is 3.92. The Hall–Kier alpha value is -0.410. The SMILES string of the molecule is O=CC1C[C@H](C2CCCC2)NN1. The molecular weight excluding hydrogens is 152 g/mol. The number of hydrogen-bond donors (Lipinski definition) is 2. The van der Waals surface area contributed by atoms with E-state index in [0.717, 1.165) is 18.6 Å². The molecule has 0 spiro atoms. The molecule has 0 aromatic rings. The Morgan fingerprint density at radius 2 is 1.92 bits per heavy atom. The van der Waals surface area contributed by atoms with Crippen LogP contribution in [0.2, 0.25) is 0 Å². The monoisotopic (exact) mass is 168 g/mol. The largest absolute Gasteiger partial charge is 0.302 e. The predicted molar refractivity (Wildman–Crippen MR) is 46.5 cm³/mol. The fourth-order valence-electron chi connectivity index (χ4n) is 2.37. The number of hydrazine groups is 1. The maximum Gasteiger partial charge on any atom is 0.138 e. The van der Waals surface area contributed by atoms with Crippen molar-refractivity contribution < 1.29 is 4.79 Å². The van der Waals surface area contributed by atoms with Crippen molar-refractivity contribution in [3.8, 4) is 0 Å². The normalized spacial score (nSPS) is 37.3. The highest BCUT2D eigenvalue weighted by atomic mass is 16.1. The molecule has 1 aliphatic carbocycles. The minimum atomic E-state index is 0.0515. The number of aldehydes is 1. The third-order valence-corrected chi connectivity index (χ3v) is 3.10. The first kappa shape index (κ1) is 8.20. The van der Waals surface area contributed by atoms with E-state index in [-0.39, 0.29) is 6.04 Å². The van der Waals surface area contributed by atoms with Crippen LogP contribution in [0.5, 0.6) is 0 Å². The Morgan fingerprint density at radius 3 is 2.50 bits per heavy atom. The average molecular weight is 168 g/mol. The molecule has 0 aromatic heterocycles. The van der Waals surface area contributed by atoms with Crippen LogP contribution >= 0.6 is 0 Å². The highest BCUT2D eigenvalue weighted by molar-refractivity contribution is 5.58. The van der Waals surface area contributed by atoms with Crippen LogP contribution in [-0.4, -0.2) is 18.4 Å². The van der Waals surface area contributed by atoms with Gasteiger partial charge in [0.15, 0.2) is 0 Å². The summed E-state index contributed by atoms with van der Waals surface area (Å²) in [6.07, 6.45) is 7.40. The highest BCUT2D eigenvalue weighted by Gasteiger charge is 2.31. The zero-order chi connectivity index (χ0) is 8.39. The van der Waals surface area contributed by atoms with Crippen LogP contribution < -0.4 is 10.9 Å². The van der Waals surface area contributed by atoms with Crippen molar-refractivity contribution in [2.45, 2.75) is 44.2 Å². The molecule has 1 heterocycles. The van der Waals surface area contributed by atoms with Crippen LogP contribution in [0.3, 0.4) is 0 Å². The molecule has 1 saturated carbocycles. The van der Waals surface area contributed by atoms with Crippen LogP contribution in [0.25, 0.3) is 0 Å². The van der Waals surface area contributed by atoms with Crippen molar-refractivity contribution in [1.82, 2.24) is 10.9 Å². The summed E-state index contributed by atoms with van der Waals surface area (Å²) in [6, 6.07) is 0.596. The van der Waals surface area contributed by atoms with Crippen molar-refractivity contribution in [2.75, 3.05) is 0 Å². The first-order chi connectivity index (χ1) is 5.90. The van der Waals surface area contributed by atoms with Gasteiger partial charge in [-0.3, -0.25) is 5.43 Å². The fourth-order valence-corrected chi connectivity index (χ4v) is 2.37. The van der Waals surface area contributed by atoms with Crippen LogP contribution in [0, 0.1) is 5.92 Å². The molecule has 0 radical (unpaired) electrons. The maximum absolute atomic E-state index is 10.5. The van der Waals surface area contributed by atoms with E-state index in [1.54, 1.807) is 0 Å². The van der Waals surface area contributed by atoms with Crippen LogP contribution in [0.1, 0.15) is 32.1 Å². The predicted octanol–water partition coefficient (Wildman–Crippen LogP) is 0.611. The summed E-state index contributed by atoms with van der Waals surface area (Å²) in [5.41, 5.74) is 6.23. The molecular formula is C9H16N2O. The number of nitrogens with one attached hydrogen (secondary N) is 2. The molecule has 2 atom stereocenters. The first-order valence-electron chi connectivity index (χ1n) is 4.86. The minimum Gasteiger partial charge on any atom is -0.302 e. The van der Waals surface area contributed by atoms with E-state index < -0.39 is 0 Å². The number of rotatable bonds is 2. The molecule has 1 unspecified atom stereocenters. The van der Waals surface area contributed by atoms with E-state index >= 15 is 0 Å². The standard InChI is InChI=1S/C9H16N2O/c12-6-8-5-9(11-10-8)7-3-1-2-4-7/h6-11H,1-5H2/t8?,9-/m1/s1. The van der Waals surface area contributed by atoms with Crippen molar-refractivity contribution in [3.05, 3.63) is 0 Å². The summed E-state index contributed by atoms with van der Waals surface area (Å²) < 4.78 is 0. The van der Waals surface area contributed by atoms with Gasteiger partial charge < -0.3 is 4.79 Å². The zero-order valence-corrected chi connectivity index (χ0v) is 7.25. The summed E-state index contributed by atoms with van der Waals surface area (Å²) in [7, 11) is 0. The lowest BCUT2D eigenvalue weighted by molar-refractivity contribution is -0.109. The second kappa shape index (κ2) is 3.54. The van der Waals surface area contributed by atoms with Crippen molar-refractivity contribution in [2.24, 2.45) is 5.92 Å². The van der Waals surface area contributed by atoms with Gasteiger partial charge >= 0.3 is 0 Å². The summed E-state index contributed by atoms with van der Waals surface area (Å²) in [5.74, 6) is 0.808. The lowest BCUT2D eigenvalue weighted by Gasteiger charge is -2.16. The number of carbonyl (C=O) groups excluding carboxylic acids is 1. The summed E-state index contributed by atoms with van der Waals surface area (Å²) in [5, 5.41) is 0. The van der Waals surface area contributed by atoms with E-state index in [1.807, 2.05) is 0 Å². The molecule has 0 bridgehead atoms. The Morgan fingerprint density at radius 1 is 1.17 bits per heavy atom. The van der Waals surface area contributed by atoms with Crippen LogP contribution in [-0.2, 0) is 4.79 Å². The van der Waals surface area contributed by atoms with Gasteiger partial charge in [0.05, 0.1) is 6.04 Å². The molecule has 0 amide bonds. The van der Waals surface area contributed by atoms with Gasteiger partial charge in [0.25, 0.3) is 0 Å². The van der Waals surface area contributed by atoms with Gasteiger partial charge in [0.2, 0.25) is 0 Å². The number of carbonyl (C=O) groups is 1. The zero-order valence-electron chi connectivity index (χ0n) is 7.25. The summed E-state index contributed by atoms with van der Waals surface area (Å²) >= 11 is 0. The fraction of sp³-hybridized carbons (Fsp3) is 0.889. The van der Waals surface area contributed by atoms with Crippen molar-refractivity contribution >= 4 is 6.29 Å². The first-order valence-corrected chi connectivity index (χ1v) is 4.86. The average Bonchev–Trinajstić information content (AvgIpc) is 2.75. The van der Waals surface area contributed by atoms with Gasteiger partial charge in [-0.1, -0.05) is 12.8 Å². The van der Waals surface area contributed by atoms with E-state index in [9.17, 15) is 4.79 Å². The summed E-state index contributed by atoms with van der Waals surface area (Å²) in [4.78, 5) is 10.5. The smallest absolute Gasteiger partial charge is 0.138 e. The van der Waals surface area contributed by atoms with Gasteiger partial charge in [-0.2, -0.15) is 0 Å². The highest BCUT2D eigenvalue weighted by Crippen LogP contribution is 2.30. The molecule has 2 N–H and O–H groups in total. The van der Waals surface area contributed by atoms with Crippen molar-refractivity contribution in [3.63, 3.8) is 0 Å². The van der Waals surface area contributed by atoms with E-state index in [2.05, 4.69) is 10.9 Å². The van der Waals surface area contributed by atoms with Gasteiger partial charge in [-0.05, 0) is 25.2 Å². The maximum atomic E-state index is 10.5. The molecule has 12 heavy (non-hydrogen) atoms. The van der Waals surface area contributed by atoms with Gasteiger partial charge in [-0.15, -0.1) is 0 Å². The van der Waals surface area contributed by atoms with Crippen molar-refractivity contribution in [1.29, 1.82) is 0 Å². The molecule has 2 aliphatic rings. The Bertz CT molecular complexity index is 166. The van der Waals surface area contributed by atoms with Crippen LogP contribution in [0.15, 0.2) is 0 Å². The topological polar surface area (TPSA) is 41.1 Å². The Labute approximate surface area is 72.9 Å². The molecule has 2 rings (SSSR count). The van der Waals surface area contributed by atoms with Gasteiger partial charge in [-0.25, -0.2) is 5.43 Å².